The van der Waals surface area contributed by atoms with Crippen molar-refractivity contribution >= 4 is 27.9 Å². The Morgan fingerprint density at radius 1 is 1.26 bits per heavy atom. The van der Waals surface area contributed by atoms with E-state index in [1.807, 2.05) is 13.8 Å². The summed E-state index contributed by atoms with van der Waals surface area (Å²) < 4.78 is 40.1. The maximum atomic E-state index is 13.7. The summed E-state index contributed by atoms with van der Waals surface area (Å²) >= 11 is 0. The second-order valence-corrected chi connectivity index (χ2v) is 10.8. The Morgan fingerprint density at radius 3 is 2.53 bits per heavy atom. The monoisotopic (exact) mass is 490 g/mol. The van der Waals surface area contributed by atoms with Crippen molar-refractivity contribution in [2.45, 2.75) is 58.0 Å². The molecule has 2 heterocycles. The molecule has 7 nitrogen and oxygen atoms in total. The summed E-state index contributed by atoms with van der Waals surface area (Å²) in [6, 6.07) is 6.05. The molecule has 2 aromatic rings. The van der Waals surface area contributed by atoms with Gasteiger partial charge in [0.25, 0.3) is 0 Å². The summed E-state index contributed by atoms with van der Waals surface area (Å²) in [5.41, 5.74) is 3.69. The number of benzene rings is 1. The van der Waals surface area contributed by atoms with Crippen LogP contribution in [0.5, 0.6) is 0 Å². The number of sulfonamides is 1. The van der Waals surface area contributed by atoms with Gasteiger partial charge in [0.15, 0.2) is 0 Å². The van der Waals surface area contributed by atoms with E-state index in [1.54, 1.807) is 24.3 Å². The molecule has 0 aliphatic carbocycles. The third-order valence-corrected chi connectivity index (χ3v) is 6.98. The van der Waals surface area contributed by atoms with Gasteiger partial charge in [-0.15, -0.1) is 0 Å². The number of carboxylic acids is 1. The lowest BCUT2D eigenvalue weighted by atomic mass is 9.87. The van der Waals surface area contributed by atoms with Crippen LogP contribution in [-0.4, -0.2) is 48.5 Å². The molecule has 3 rings (SSSR count). The fraction of sp³-hybridized carbons (Fsp3) is 0.440. The molecule has 1 atom stereocenters. The molecule has 1 aromatic carbocycles. The van der Waals surface area contributed by atoms with Gasteiger partial charge in [0.05, 0.1) is 18.1 Å². The first-order valence-corrected chi connectivity index (χ1v) is 13.2. The third kappa shape index (κ3) is 6.01. The second-order valence-electron chi connectivity index (χ2n) is 8.90. The Labute approximate surface area is 200 Å². The smallest absolute Gasteiger partial charge is 0.303 e. The molecule has 1 aromatic heterocycles. The number of aliphatic carboxylic acids is 1. The summed E-state index contributed by atoms with van der Waals surface area (Å²) in [5.74, 6) is -0.946. The number of aliphatic hydroxyl groups is 1. The van der Waals surface area contributed by atoms with Crippen LogP contribution in [0.4, 0.5) is 10.2 Å². The van der Waals surface area contributed by atoms with E-state index in [9.17, 15) is 22.7 Å². The van der Waals surface area contributed by atoms with Gasteiger partial charge in [-0.1, -0.05) is 38.1 Å². The highest BCUT2D eigenvalue weighted by atomic mass is 32.2. The van der Waals surface area contributed by atoms with Crippen molar-refractivity contribution in [2.75, 3.05) is 17.1 Å². The molecule has 2 N–H and O–H groups in total. The van der Waals surface area contributed by atoms with E-state index in [-0.39, 0.29) is 18.2 Å². The SMILES string of the molecule is CC(C)c1nc2c(c(-c3ccc(F)cc3)c1/C=C/[C@@H](O)CCCC(=O)O)CCCN2S(C)(=O)=O. The number of hydrogen-bond donors (Lipinski definition) is 2. The van der Waals surface area contributed by atoms with Gasteiger partial charge >= 0.3 is 5.97 Å². The Balaban J connectivity index is 2.20. The molecule has 0 radical (unpaired) electrons. The lowest BCUT2D eigenvalue weighted by molar-refractivity contribution is -0.137. The Kier molecular flexibility index (Phi) is 8.09. The fourth-order valence-corrected chi connectivity index (χ4v) is 5.16. The highest BCUT2D eigenvalue weighted by Gasteiger charge is 2.31. The molecular weight excluding hydrogens is 459 g/mol. The number of carbonyl (C=O) groups is 1. The van der Waals surface area contributed by atoms with E-state index in [0.29, 0.717) is 43.7 Å². The minimum Gasteiger partial charge on any atom is -0.481 e. The molecular formula is C25H31FN2O5S. The van der Waals surface area contributed by atoms with Crippen molar-refractivity contribution in [2.24, 2.45) is 0 Å². The number of aromatic nitrogens is 1. The topological polar surface area (TPSA) is 108 Å². The number of carboxylic acid groups (broad SMARTS) is 1. The molecule has 0 unspecified atom stereocenters. The van der Waals surface area contributed by atoms with Gasteiger partial charge in [-0.25, -0.2) is 17.8 Å². The Hall–Kier alpha value is -2.78. The quantitative estimate of drug-likeness (QED) is 0.541. The van der Waals surface area contributed by atoms with E-state index in [4.69, 9.17) is 10.1 Å². The number of rotatable bonds is 9. The van der Waals surface area contributed by atoms with Gasteiger partial charge < -0.3 is 10.2 Å². The normalized spacial score (nSPS) is 15.1. The number of nitrogens with zero attached hydrogens (tertiary/aromatic N) is 2. The maximum absolute atomic E-state index is 13.7. The molecule has 0 spiro atoms. The van der Waals surface area contributed by atoms with E-state index in [0.717, 1.165) is 28.5 Å². The first-order valence-electron chi connectivity index (χ1n) is 11.4. The highest BCUT2D eigenvalue weighted by molar-refractivity contribution is 7.92. The number of anilines is 1. The first kappa shape index (κ1) is 25.8. The summed E-state index contributed by atoms with van der Waals surface area (Å²) in [6.07, 6.45) is 5.55. The minimum atomic E-state index is -3.54. The molecule has 34 heavy (non-hydrogen) atoms. The summed E-state index contributed by atoms with van der Waals surface area (Å²) in [7, 11) is -3.54. The lowest BCUT2D eigenvalue weighted by Crippen LogP contribution is -2.36. The van der Waals surface area contributed by atoms with Crippen LogP contribution < -0.4 is 4.31 Å². The average molecular weight is 491 g/mol. The molecule has 9 heteroatoms. The van der Waals surface area contributed by atoms with E-state index < -0.39 is 22.1 Å². The van der Waals surface area contributed by atoms with Gasteiger partial charge in [0, 0.05) is 24.1 Å². The molecule has 0 saturated carbocycles. The van der Waals surface area contributed by atoms with Crippen molar-refractivity contribution < 1.29 is 27.8 Å². The summed E-state index contributed by atoms with van der Waals surface area (Å²) in [5, 5.41) is 19.2. The number of hydrogen-bond acceptors (Lipinski definition) is 5. The molecule has 0 amide bonds. The minimum absolute atomic E-state index is 0.0231. The predicted molar refractivity (Wildman–Crippen MR) is 131 cm³/mol. The van der Waals surface area contributed by atoms with Crippen molar-refractivity contribution in [1.29, 1.82) is 0 Å². The Morgan fingerprint density at radius 2 is 1.94 bits per heavy atom. The molecule has 1 aliphatic rings. The largest absolute Gasteiger partial charge is 0.481 e. The summed E-state index contributed by atoms with van der Waals surface area (Å²) in [4.78, 5) is 15.5. The first-order chi connectivity index (χ1) is 16.0. The van der Waals surface area contributed by atoms with Crippen LogP contribution in [0.1, 0.15) is 62.3 Å². The van der Waals surface area contributed by atoms with E-state index in [1.165, 1.54) is 16.4 Å². The van der Waals surface area contributed by atoms with Gasteiger partial charge in [0.2, 0.25) is 10.0 Å². The zero-order chi connectivity index (χ0) is 25.0. The molecule has 0 fully saturated rings. The Bertz CT molecular complexity index is 1180. The predicted octanol–water partition coefficient (Wildman–Crippen LogP) is 4.35. The molecule has 1 aliphatic heterocycles. The van der Waals surface area contributed by atoms with Crippen LogP contribution in [0.3, 0.4) is 0 Å². The van der Waals surface area contributed by atoms with Crippen LogP contribution >= 0.6 is 0 Å². The van der Waals surface area contributed by atoms with Crippen LogP contribution in [0.2, 0.25) is 0 Å². The van der Waals surface area contributed by atoms with Gasteiger partial charge in [0.1, 0.15) is 11.6 Å². The molecule has 184 valence electrons. The van der Waals surface area contributed by atoms with Crippen LogP contribution in [0.15, 0.2) is 30.3 Å². The number of fused-ring (bicyclic) bond motifs is 1. The van der Waals surface area contributed by atoms with Crippen molar-refractivity contribution in [3.63, 3.8) is 0 Å². The van der Waals surface area contributed by atoms with Crippen molar-refractivity contribution in [1.82, 2.24) is 4.98 Å². The number of aliphatic hydroxyl groups excluding tert-OH is 1. The zero-order valence-electron chi connectivity index (χ0n) is 19.7. The highest BCUT2D eigenvalue weighted by Crippen LogP contribution is 2.41. The molecule has 0 saturated heterocycles. The van der Waals surface area contributed by atoms with Gasteiger partial charge in [-0.2, -0.15) is 0 Å². The van der Waals surface area contributed by atoms with Crippen molar-refractivity contribution in [3.8, 4) is 11.1 Å². The van der Waals surface area contributed by atoms with Crippen LogP contribution in [0, 0.1) is 5.82 Å². The number of halogens is 1. The maximum Gasteiger partial charge on any atom is 0.303 e. The third-order valence-electron chi connectivity index (χ3n) is 5.82. The molecule has 0 bridgehead atoms. The summed E-state index contributed by atoms with van der Waals surface area (Å²) in [6.45, 7) is 4.26. The van der Waals surface area contributed by atoms with Crippen LogP contribution in [0.25, 0.3) is 17.2 Å². The van der Waals surface area contributed by atoms with Gasteiger partial charge in [-0.05, 0) is 54.9 Å². The standard InChI is InChI=1S/C25H31FN2O5S/c1-16(2)24-20(14-13-19(29)6-4-8-22(30)31)23(17-9-11-18(26)12-10-17)21-7-5-15-28(25(21)27-24)34(3,32)33/h9-14,16,19,29H,4-8,15H2,1-3H3,(H,30,31)/b14-13+/t19-/m0/s1. The number of pyridine rings is 1. The van der Waals surface area contributed by atoms with Gasteiger partial charge in [-0.3, -0.25) is 9.10 Å². The van der Waals surface area contributed by atoms with Crippen molar-refractivity contribution in [3.05, 3.63) is 53.0 Å². The average Bonchev–Trinajstić information content (AvgIpc) is 2.76. The van der Waals surface area contributed by atoms with E-state index >= 15 is 0 Å². The van der Waals surface area contributed by atoms with Crippen LogP contribution in [-0.2, 0) is 21.2 Å². The zero-order valence-corrected chi connectivity index (χ0v) is 20.5. The van der Waals surface area contributed by atoms with E-state index in [2.05, 4.69) is 0 Å². The lowest BCUT2D eigenvalue weighted by Gasteiger charge is -2.32. The second kappa shape index (κ2) is 10.7. The fourth-order valence-electron chi connectivity index (χ4n) is 4.24.